The minimum atomic E-state index is -0.567. The van der Waals surface area contributed by atoms with E-state index in [1.807, 2.05) is 39.0 Å². The van der Waals surface area contributed by atoms with Crippen LogP contribution in [-0.2, 0) is 14.3 Å². The lowest BCUT2D eigenvalue weighted by molar-refractivity contribution is -0.163. The first-order chi connectivity index (χ1) is 13.3. The van der Waals surface area contributed by atoms with Crippen molar-refractivity contribution in [1.82, 2.24) is 4.90 Å². The number of rotatable bonds is 4. The van der Waals surface area contributed by atoms with E-state index in [0.29, 0.717) is 18.5 Å². The number of amides is 1. The molecule has 1 heterocycles. The van der Waals surface area contributed by atoms with E-state index in [4.69, 9.17) is 4.74 Å². The Labute approximate surface area is 171 Å². The number of carbonyl (C=O) groups is 3. The van der Waals surface area contributed by atoms with Crippen molar-refractivity contribution in [2.24, 2.45) is 5.92 Å². The predicted molar refractivity (Wildman–Crippen MR) is 110 cm³/mol. The van der Waals surface area contributed by atoms with Crippen LogP contribution >= 0.6 is 11.8 Å². The Hall–Kier alpha value is -1.82. The summed E-state index contributed by atoms with van der Waals surface area (Å²) in [5.74, 6) is -0.522. The summed E-state index contributed by atoms with van der Waals surface area (Å²) < 4.78 is 5.52. The molecule has 5 nitrogen and oxygen atoms in total. The summed E-state index contributed by atoms with van der Waals surface area (Å²) in [4.78, 5) is 40.1. The van der Waals surface area contributed by atoms with Gasteiger partial charge in [0.25, 0.3) is 0 Å². The first kappa shape index (κ1) is 20.9. The number of hydrogen-bond donors (Lipinski definition) is 0. The summed E-state index contributed by atoms with van der Waals surface area (Å²) in [6, 6.07) is 8.69. The smallest absolute Gasteiger partial charge is 0.329 e. The van der Waals surface area contributed by atoms with E-state index < -0.39 is 11.6 Å². The van der Waals surface area contributed by atoms with Crippen LogP contribution in [-0.4, -0.2) is 45.3 Å². The molecule has 1 amide bonds. The summed E-state index contributed by atoms with van der Waals surface area (Å²) in [5.41, 5.74) is 0.0980. The minimum Gasteiger partial charge on any atom is -0.458 e. The highest BCUT2D eigenvalue weighted by atomic mass is 32.2. The van der Waals surface area contributed by atoms with Crippen molar-refractivity contribution in [2.45, 2.75) is 69.8 Å². The van der Waals surface area contributed by atoms with Gasteiger partial charge >= 0.3 is 5.97 Å². The van der Waals surface area contributed by atoms with Crippen LogP contribution in [0.5, 0.6) is 0 Å². The molecule has 0 N–H and O–H groups in total. The van der Waals surface area contributed by atoms with Crippen LogP contribution in [0.4, 0.5) is 0 Å². The highest BCUT2D eigenvalue weighted by Gasteiger charge is 2.43. The quantitative estimate of drug-likeness (QED) is 0.710. The number of benzene rings is 1. The number of carbonyl (C=O) groups excluding carboxylic acids is 3. The molecule has 28 heavy (non-hydrogen) atoms. The van der Waals surface area contributed by atoms with Gasteiger partial charge in [-0.15, -0.1) is 0 Å². The molecule has 0 bridgehead atoms. The first-order valence-corrected chi connectivity index (χ1v) is 10.9. The second-order valence-electron chi connectivity index (χ2n) is 8.57. The van der Waals surface area contributed by atoms with Gasteiger partial charge in [-0.3, -0.25) is 9.59 Å². The van der Waals surface area contributed by atoms with Gasteiger partial charge in [0.1, 0.15) is 11.6 Å². The van der Waals surface area contributed by atoms with Gasteiger partial charge in [-0.25, -0.2) is 4.79 Å². The Balaban J connectivity index is 1.66. The molecule has 1 aliphatic carbocycles. The fourth-order valence-corrected chi connectivity index (χ4v) is 5.24. The van der Waals surface area contributed by atoms with Crippen molar-refractivity contribution in [3.63, 3.8) is 0 Å². The molecule has 1 aromatic rings. The molecule has 1 aliphatic heterocycles. The van der Waals surface area contributed by atoms with Gasteiger partial charge in [-0.1, -0.05) is 48.5 Å². The van der Waals surface area contributed by atoms with Crippen LogP contribution in [0, 0.1) is 5.92 Å². The Bertz CT molecular complexity index is 728. The Morgan fingerprint density at radius 1 is 1.04 bits per heavy atom. The van der Waals surface area contributed by atoms with E-state index in [0.717, 1.165) is 25.7 Å². The van der Waals surface area contributed by atoms with E-state index >= 15 is 0 Å². The third-order valence-electron chi connectivity index (χ3n) is 5.25. The SMILES string of the molecule is CC(C)(C)OC(=O)[C@@H]1CCCN1C(=O)[C@@H]1CCC[C@@H]1SC(=O)c1ccccc1. The maximum atomic E-state index is 13.2. The minimum absolute atomic E-state index is 0.00391. The summed E-state index contributed by atoms with van der Waals surface area (Å²) in [5, 5.41) is -0.0180. The standard InChI is InChI=1S/C22H29NO4S/c1-22(2,3)27-20(25)17-12-8-14-23(17)19(24)16-11-7-13-18(16)28-21(26)15-9-5-4-6-10-15/h4-6,9-10,16-18H,7-8,11-14H2,1-3H3/t16-,17+,18+/m1/s1. The average molecular weight is 404 g/mol. The molecule has 0 radical (unpaired) electrons. The largest absolute Gasteiger partial charge is 0.458 e. The molecule has 2 aliphatic rings. The number of thioether (sulfide) groups is 1. The van der Waals surface area contributed by atoms with Crippen molar-refractivity contribution in [1.29, 1.82) is 0 Å². The zero-order valence-electron chi connectivity index (χ0n) is 16.8. The average Bonchev–Trinajstić information content (AvgIpc) is 3.30. The van der Waals surface area contributed by atoms with Crippen molar-refractivity contribution >= 4 is 28.8 Å². The third-order valence-corrected chi connectivity index (χ3v) is 6.57. The summed E-state index contributed by atoms with van der Waals surface area (Å²) in [6.45, 7) is 6.10. The molecular formula is C22H29NO4S. The molecule has 2 fully saturated rings. The number of esters is 1. The molecule has 3 atom stereocenters. The highest BCUT2D eigenvalue weighted by Crippen LogP contribution is 2.39. The monoisotopic (exact) mass is 403 g/mol. The topological polar surface area (TPSA) is 63.7 Å². The summed E-state index contributed by atoms with van der Waals surface area (Å²) in [6.07, 6.45) is 4.01. The van der Waals surface area contributed by atoms with Gasteiger partial charge < -0.3 is 9.64 Å². The van der Waals surface area contributed by atoms with Crippen LogP contribution in [0.1, 0.15) is 63.2 Å². The lowest BCUT2D eigenvalue weighted by Crippen LogP contribution is -2.46. The van der Waals surface area contributed by atoms with Crippen molar-refractivity contribution in [3.05, 3.63) is 35.9 Å². The van der Waals surface area contributed by atoms with Crippen LogP contribution in [0.25, 0.3) is 0 Å². The first-order valence-electron chi connectivity index (χ1n) is 10.1. The molecular weight excluding hydrogens is 374 g/mol. The van der Waals surface area contributed by atoms with Crippen LogP contribution in [0.15, 0.2) is 30.3 Å². The van der Waals surface area contributed by atoms with E-state index in [2.05, 4.69) is 0 Å². The normalized spacial score (nSPS) is 25.0. The molecule has 1 aromatic carbocycles. The maximum Gasteiger partial charge on any atom is 0.329 e. The third kappa shape index (κ3) is 4.96. The van der Waals surface area contributed by atoms with Crippen LogP contribution in [0.2, 0.25) is 0 Å². The maximum absolute atomic E-state index is 13.2. The van der Waals surface area contributed by atoms with E-state index in [1.165, 1.54) is 11.8 Å². The van der Waals surface area contributed by atoms with Gasteiger partial charge in [0.2, 0.25) is 11.0 Å². The van der Waals surface area contributed by atoms with Gasteiger partial charge in [0, 0.05) is 17.4 Å². The fraction of sp³-hybridized carbons (Fsp3) is 0.591. The highest BCUT2D eigenvalue weighted by molar-refractivity contribution is 8.14. The molecule has 1 saturated heterocycles. The van der Waals surface area contributed by atoms with Gasteiger partial charge in [-0.2, -0.15) is 0 Å². The van der Waals surface area contributed by atoms with Gasteiger partial charge in [0.05, 0.1) is 5.92 Å². The molecule has 1 saturated carbocycles. The lowest BCUT2D eigenvalue weighted by Gasteiger charge is -2.30. The number of hydrogen-bond acceptors (Lipinski definition) is 5. The van der Waals surface area contributed by atoms with Crippen molar-refractivity contribution in [3.8, 4) is 0 Å². The number of ether oxygens (including phenoxy) is 1. The van der Waals surface area contributed by atoms with E-state index in [-0.39, 0.29) is 28.2 Å². The second kappa shape index (κ2) is 8.68. The van der Waals surface area contributed by atoms with Crippen LogP contribution in [0.3, 0.4) is 0 Å². The summed E-state index contributed by atoms with van der Waals surface area (Å²) >= 11 is 1.27. The molecule has 0 spiro atoms. The van der Waals surface area contributed by atoms with Crippen molar-refractivity contribution < 1.29 is 19.1 Å². The predicted octanol–water partition coefficient (Wildman–Crippen LogP) is 4.06. The summed E-state index contributed by atoms with van der Waals surface area (Å²) in [7, 11) is 0. The lowest BCUT2D eigenvalue weighted by atomic mass is 10.1. The molecule has 6 heteroatoms. The molecule has 0 aromatic heterocycles. The second-order valence-corrected chi connectivity index (χ2v) is 9.78. The van der Waals surface area contributed by atoms with Crippen molar-refractivity contribution in [2.75, 3.05) is 6.54 Å². The zero-order chi connectivity index (χ0) is 20.3. The Morgan fingerprint density at radius 2 is 1.75 bits per heavy atom. The van der Waals surface area contributed by atoms with Gasteiger partial charge in [-0.05, 0) is 46.5 Å². The molecule has 3 rings (SSSR count). The Kier molecular flexibility index (Phi) is 6.48. The number of nitrogens with zero attached hydrogens (tertiary/aromatic N) is 1. The Morgan fingerprint density at radius 3 is 2.43 bits per heavy atom. The fourth-order valence-electron chi connectivity index (χ4n) is 3.99. The molecule has 0 unspecified atom stereocenters. The van der Waals surface area contributed by atoms with Crippen LogP contribution < -0.4 is 0 Å². The van der Waals surface area contributed by atoms with E-state index in [1.54, 1.807) is 17.0 Å². The van der Waals surface area contributed by atoms with Gasteiger partial charge in [0.15, 0.2) is 0 Å². The molecule has 152 valence electrons. The number of likely N-dealkylation sites (tertiary alicyclic amines) is 1. The van der Waals surface area contributed by atoms with E-state index in [9.17, 15) is 14.4 Å². The zero-order valence-corrected chi connectivity index (χ0v) is 17.7.